The van der Waals surface area contributed by atoms with Crippen LogP contribution in [0.15, 0.2) is 34.7 Å². The quantitative estimate of drug-likeness (QED) is 0.573. The van der Waals surface area contributed by atoms with Crippen molar-refractivity contribution in [3.8, 4) is 0 Å². The Kier molecular flexibility index (Phi) is 4.67. The molecule has 2 rings (SSSR count). The Morgan fingerprint density at radius 1 is 1.25 bits per heavy atom. The van der Waals surface area contributed by atoms with Gasteiger partial charge in [-0.05, 0) is 50.3 Å². The Hall–Kier alpha value is -1.53. The molecule has 0 heterocycles. The first-order valence-electron chi connectivity index (χ1n) is 6.81. The highest BCUT2D eigenvalue weighted by Gasteiger charge is 2.10. The zero-order valence-corrected chi connectivity index (χ0v) is 12.2. The molecular formula is C14H21N3O2S. The van der Waals surface area contributed by atoms with Crippen LogP contribution >= 0.6 is 0 Å². The molecular weight excluding hydrogens is 274 g/mol. The standard InChI is InChI=1S/C14H21N3O2S/c15-13-10-12(20(16,18)19)6-7-14(13)17-9-8-11-4-2-1-3-5-11/h4,6-7,10,17H,1-3,5,8-9,15H2,(H2,16,18,19). The van der Waals surface area contributed by atoms with Crippen molar-refractivity contribution in [2.75, 3.05) is 17.6 Å². The molecule has 0 spiro atoms. The number of sulfonamides is 1. The van der Waals surface area contributed by atoms with Gasteiger partial charge in [0, 0.05) is 6.54 Å². The molecule has 0 aromatic heterocycles. The van der Waals surface area contributed by atoms with E-state index in [0.717, 1.165) is 18.7 Å². The molecule has 0 bridgehead atoms. The van der Waals surface area contributed by atoms with Crippen LogP contribution in [0.25, 0.3) is 0 Å². The third kappa shape index (κ3) is 3.98. The van der Waals surface area contributed by atoms with E-state index < -0.39 is 10.0 Å². The number of anilines is 2. The summed E-state index contributed by atoms with van der Waals surface area (Å²) in [5.74, 6) is 0. The Morgan fingerprint density at radius 3 is 2.65 bits per heavy atom. The molecule has 1 aliphatic rings. The van der Waals surface area contributed by atoms with Gasteiger partial charge in [-0.1, -0.05) is 11.6 Å². The van der Waals surface area contributed by atoms with Crippen LogP contribution in [-0.2, 0) is 10.0 Å². The highest BCUT2D eigenvalue weighted by molar-refractivity contribution is 7.89. The summed E-state index contributed by atoms with van der Waals surface area (Å²) in [6, 6.07) is 4.51. The van der Waals surface area contributed by atoms with Crippen LogP contribution in [0.1, 0.15) is 32.1 Å². The minimum atomic E-state index is -3.70. The van der Waals surface area contributed by atoms with Crippen LogP contribution in [-0.4, -0.2) is 15.0 Å². The number of nitrogens with one attached hydrogen (secondary N) is 1. The number of allylic oxidation sites excluding steroid dienone is 1. The van der Waals surface area contributed by atoms with E-state index in [4.69, 9.17) is 10.9 Å². The summed E-state index contributed by atoms with van der Waals surface area (Å²) in [4.78, 5) is 0.0375. The van der Waals surface area contributed by atoms with Gasteiger partial charge in [-0.2, -0.15) is 0 Å². The van der Waals surface area contributed by atoms with E-state index in [9.17, 15) is 8.42 Å². The lowest BCUT2D eigenvalue weighted by atomic mass is 9.97. The van der Waals surface area contributed by atoms with E-state index in [2.05, 4.69) is 11.4 Å². The normalized spacial score (nSPS) is 15.8. The first-order valence-corrected chi connectivity index (χ1v) is 8.35. The highest BCUT2D eigenvalue weighted by atomic mass is 32.2. The van der Waals surface area contributed by atoms with Crippen LogP contribution in [0, 0.1) is 0 Å². The number of nitrogens with two attached hydrogens (primary N) is 2. The predicted molar refractivity (Wildman–Crippen MR) is 81.9 cm³/mol. The Balaban J connectivity index is 1.95. The number of rotatable bonds is 5. The zero-order valence-electron chi connectivity index (χ0n) is 11.4. The average molecular weight is 295 g/mol. The van der Waals surface area contributed by atoms with Crippen molar-refractivity contribution in [1.82, 2.24) is 0 Å². The molecule has 110 valence electrons. The van der Waals surface area contributed by atoms with E-state index in [1.54, 1.807) is 6.07 Å². The third-order valence-corrected chi connectivity index (χ3v) is 4.41. The summed E-state index contributed by atoms with van der Waals surface area (Å²) in [7, 11) is -3.70. The van der Waals surface area contributed by atoms with Gasteiger partial charge in [0.05, 0.1) is 16.3 Å². The number of primary sulfonamides is 1. The summed E-state index contributed by atoms with van der Waals surface area (Å²) in [6.45, 7) is 0.796. The van der Waals surface area contributed by atoms with Gasteiger partial charge in [0.15, 0.2) is 0 Å². The van der Waals surface area contributed by atoms with Gasteiger partial charge >= 0.3 is 0 Å². The second kappa shape index (κ2) is 6.28. The van der Waals surface area contributed by atoms with E-state index in [-0.39, 0.29) is 4.90 Å². The molecule has 0 unspecified atom stereocenters. The van der Waals surface area contributed by atoms with Crippen molar-refractivity contribution in [2.45, 2.75) is 37.0 Å². The van der Waals surface area contributed by atoms with Crippen LogP contribution in [0.4, 0.5) is 11.4 Å². The van der Waals surface area contributed by atoms with Crippen LogP contribution in [0.2, 0.25) is 0 Å². The lowest BCUT2D eigenvalue weighted by molar-refractivity contribution is 0.598. The second-order valence-electron chi connectivity index (χ2n) is 5.08. The third-order valence-electron chi connectivity index (χ3n) is 3.50. The van der Waals surface area contributed by atoms with Crippen molar-refractivity contribution < 1.29 is 8.42 Å². The maximum atomic E-state index is 11.2. The van der Waals surface area contributed by atoms with Crippen molar-refractivity contribution in [2.24, 2.45) is 5.14 Å². The molecule has 0 aliphatic heterocycles. The summed E-state index contributed by atoms with van der Waals surface area (Å²) in [6.07, 6.45) is 8.24. The van der Waals surface area contributed by atoms with Gasteiger partial charge in [0.25, 0.3) is 0 Å². The molecule has 5 N–H and O–H groups in total. The molecule has 0 saturated carbocycles. The number of benzene rings is 1. The molecule has 0 radical (unpaired) electrons. The van der Waals surface area contributed by atoms with E-state index >= 15 is 0 Å². The molecule has 20 heavy (non-hydrogen) atoms. The number of hydrogen-bond donors (Lipinski definition) is 3. The average Bonchev–Trinajstić information content (AvgIpc) is 2.40. The van der Waals surface area contributed by atoms with Crippen molar-refractivity contribution in [3.63, 3.8) is 0 Å². The predicted octanol–water partition coefficient (Wildman–Crippen LogP) is 2.22. The molecule has 5 nitrogen and oxygen atoms in total. The molecule has 6 heteroatoms. The van der Waals surface area contributed by atoms with E-state index in [1.807, 2.05) is 0 Å². The maximum Gasteiger partial charge on any atom is 0.238 e. The van der Waals surface area contributed by atoms with Gasteiger partial charge in [0.1, 0.15) is 0 Å². The molecule has 1 aromatic carbocycles. The van der Waals surface area contributed by atoms with E-state index in [0.29, 0.717) is 5.69 Å². The van der Waals surface area contributed by atoms with Gasteiger partial charge < -0.3 is 11.1 Å². The SMILES string of the molecule is Nc1cc(S(N)(=O)=O)ccc1NCCC1=CCCCC1. The van der Waals surface area contributed by atoms with Crippen molar-refractivity contribution in [1.29, 1.82) is 0 Å². The van der Waals surface area contributed by atoms with Crippen LogP contribution < -0.4 is 16.2 Å². The first-order chi connectivity index (χ1) is 9.47. The van der Waals surface area contributed by atoms with Crippen molar-refractivity contribution in [3.05, 3.63) is 29.8 Å². The van der Waals surface area contributed by atoms with Gasteiger partial charge in [-0.25, -0.2) is 13.6 Å². The van der Waals surface area contributed by atoms with Gasteiger partial charge in [-0.3, -0.25) is 0 Å². The highest BCUT2D eigenvalue weighted by Crippen LogP contribution is 2.23. The fraction of sp³-hybridized carbons (Fsp3) is 0.429. The van der Waals surface area contributed by atoms with Crippen molar-refractivity contribution >= 4 is 21.4 Å². The molecule has 0 amide bonds. The van der Waals surface area contributed by atoms with Gasteiger partial charge in [0.2, 0.25) is 10.0 Å². The Morgan fingerprint density at radius 2 is 2.05 bits per heavy atom. The summed E-state index contributed by atoms with van der Waals surface area (Å²) in [5.41, 5.74) is 8.47. The molecule has 0 fully saturated rings. The number of hydrogen-bond acceptors (Lipinski definition) is 4. The minimum absolute atomic E-state index is 0.0375. The topological polar surface area (TPSA) is 98.2 Å². The summed E-state index contributed by atoms with van der Waals surface area (Å²) >= 11 is 0. The fourth-order valence-electron chi connectivity index (χ4n) is 2.37. The number of nitrogen functional groups attached to an aromatic ring is 1. The largest absolute Gasteiger partial charge is 0.397 e. The minimum Gasteiger partial charge on any atom is -0.397 e. The summed E-state index contributed by atoms with van der Waals surface area (Å²) in [5, 5.41) is 8.30. The zero-order chi connectivity index (χ0) is 14.6. The van der Waals surface area contributed by atoms with Crippen LogP contribution in [0.3, 0.4) is 0 Å². The first kappa shape index (κ1) is 14.9. The molecule has 1 aliphatic carbocycles. The van der Waals surface area contributed by atoms with Gasteiger partial charge in [-0.15, -0.1) is 0 Å². The molecule has 1 aromatic rings. The fourth-order valence-corrected chi connectivity index (χ4v) is 2.92. The molecule has 0 atom stereocenters. The summed E-state index contributed by atoms with van der Waals surface area (Å²) < 4.78 is 22.4. The monoisotopic (exact) mass is 295 g/mol. The Labute approximate surface area is 120 Å². The maximum absolute atomic E-state index is 11.2. The Bertz CT molecular complexity index is 609. The molecule has 0 saturated heterocycles. The smallest absolute Gasteiger partial charge is 0.238 e. The van der Waals surface area contributed by atoms with E-state index in [1.165, 1.54) is 43.4 Å². The lowest BCUT2D eigenvalue weighted by Gasteiger charge is -2.14. The lowest BCUT2D eigenvalue weighted by Crippen LogP contribution is -2.13. The van der Waals surface area contributed by atoms with Crippen LogP contribution in [0.5, 0.6) is 0 Å². The second-order valence-corrected chi connectivity index (χ2v) is 6.64.